The molecule has 7 heteroatoms. The van der Waals surface area contributed by atoms with Gasteiger partial charge in [0.15, 0.2) is 5.84 Å². The average Bonchev–Trinajstić information content (AvgIpc) is 2.34. The Morgan fingerprint density at radius 3 is 2.92 bits per heavy atom. The molecule has 0 saturated carbocycles. The lowest BCUT2D eigenvalue weighted by molar-refractivity contribution is -0.137. The Bertz CT molecular complexity index is 317. The van der Waals surface area contributed by atoms with E-state index in [-0.39, 0.29) is 18.2 Å². The normalized spacial score (nSPS) is 9.67. The van der Waals surface area contributed by atoms with Gasteiger partial charge >= 0.3 is 5.97 Å². The number of nitrogens with one attached hydrogen (secondary N) is 1. The highest BCUT2D eigenvalue weighted by molar-refractivity contribution is 5.90. The van der Waals surface area contributed by atoms with Crippen molar-refractivity contribution < 1.29 is 9.90 Å². The van der Waals surface area contributed by atoms with E-state index in [1.165, 1.54) is 6.33 Å². The molecule has 0 aliphatic carbocycles. The number of nitrogen functional groups attached to an aromatic ring is 1. The molecular formula is C5H7N5O2. The van der Waals surface area contributed by atoms with E-state index in [1.807, 2.05) is 0 Å². The molecule has 0 amide bonds. The van der Waals surface area contributed by atoms with Crippen LogP contribution in [0.15, 0.2) is 6.33 Å². The van der Waals surface area contributed by atoms with Crippen molar-refractivity contribution in [3.05, 3.63) is 12.2 Å². The van der Waals surface area contributed by atoms with Gasteiger partial charge in [0.2, 0.25) is 5.82 Å². The van der Waals surface area contributed by atoms with E-state index in [4.69, 9.17) is 16.2 Å². The van der Waals surface area contributed by atoms with Gasteiger partial charge in [0.1, 0.15) is 12.9 Å². The molecule has 64 valence electrons. The highest BCUT2D eigenvalue weighted by Gasteiger charge is 2.05. The minimum Gasteiger partial charge on any atom is -0.480 e. The van der Waals surface area contributed by atoms with Gasteiger partial charge in [0, 0.05) is 0 Å². The van der Waals surface area contributed by atoms with E-state index in [9.17, 15) is 4.79 Å². The molecule has 0 aliphatic rings. The van der Waals surface area contributed by atoms with Crippen molar-refractivity contribution in [1.82, 2.24) is 14.8 Å². The molecule has 0 fully saturated rings. The number of aliphatic carboxylic acids is 1. The van der Waals surface area contributed by atoms with E-state index < -0.39 is 5.97 Å². The Morgan fingerprint density at radius 1 is 1.83 bits per heavy atom. The van der Waals surface area contributed by atoms with Gasteiger partial charge in [-0.3, -0.25) is 10.2 Å². The summed E-state index contributed by atoms with van der Waals surface area (Å²) in [5, 5.41) is 18.9. The van der Waals surface area contributed by atoms with E-state index in [0.29, 0.717) is 0 Å². The first-order valence-corrected chi connectivity index (χ1v) is 3.05. The van der Waals surface area contributed by atoms with Gasteiger partial charge in [-0.25, -0.2) is 9.67 Å². The van der Waals surface area contributed by atoms with Gasteiger partial charge in [-0.05, 0) is 0 Å². The van der Waals surface area contributed by atoms with Crippen LogP contribution in [0.5, 0.6) is 0 Å². The van der Waals surface area contributed by atoms with Crippen LogP contribution in [0.25, 0.3) is 0 Å². The van der Waals surface area contributed by atoms with Gasteiger partial charge in [-0.1, -0.05) is 0 Å². The average molecular weight is 169 g/mol. The maximum absolute atomic E-state index is 10.2. The van der Waals surface area contributed by atoms with E-state index in [1.54, 1.807) is 0 Å². The highest BCUT2D eigenvalue weighted by atomic mass is 16.4. The summed E-state index contributed by atoms with van der Waals surface area (Å²) in [4.78, 5) is 13.8. The van der Waals surface area contributed by atoms with Crippen molar-refractivity contribution in [3.63, 3.8) is 0 Å². The molecule has 7 nitrogen and oxygen atoms in total. The molecule has 0 bridgehead atoms. The van der Waals surface area contributed by atoms with Crippen LogP contribution < -0.4 is 5.73 Å². The fourth-order valence-corrected chi connectivity index (χ4v) is 0.633. The van der Waals surface area contributed by atoms with E-state index >= 15 is 0 Å². The molecule has 0 aliphatic heterocycles. The fraction of sp³-hybridized carbons (Fsp3) is 0.200. The Hall–Kier alpha value is -1.92. The van der Waals surface area contributed by atoms with Gasteiger partial charge in [0.05, 0.1) is 0 Å². The van der Waals surface area contributed by atoms with Crippen LogP contribution in [-0.2, 0) is 11.3 Å². The summed E-state index contributed by atoms with van der Waals surface area (Å²) in [5.41, 5.74) is 5.06. The number of hydrogen-bond donors (Lipinski definition) is 3. The first-order valence-electron chi connectivity index (χ1n) is 3.05. The summed E-state index contributed by atoms with van der Waals surface area (Å²) in [6, 6.07) is 0. The zero-order chi connectivity index (χ0) is 9.14. The zero-order valence-corrected chi connectivity index (χ0v) is 6.06. The second kappa shape index (κ2) is 2.99. The molecule has 0 saturated heterocycles. The van der Waals surface area contributed by atoms with Crippen molar-refractivity contribution in [3.8, 4) is 0 Å². The Labute approximate surface area is 67.3 Å². The molecule has 1 aromatic rings. The molecule has 0 aromatic carbocycles. The van der Waals surface area contributed by atoms with Gasteiger partial charge in [-0.15, -0.1) is 5.10 Å². The minimum atomic E-state index is -1.02. The number of amidine groups is 1. The summed E-state index contributed by atoms with van der Waals surface area (Å²) in [7, 11) is 0. The lowest BCUT2D eigenvalue weighted by Gasteiger charge is -1.91. The van der Waals surface area contributed by atoms with Crippen LogP contribution in [0.1, 0.15) is 5.82 Å². The SMILES string of the molecule is N=C(N)c1ncn(CC(=O)O)n1. The largest absolute Gasteiger partial charge is 0.480 e. The van der Waals surface area contributed by atoms with E-state index in [2.05, 4.69) is 10.1 Å². The van der Waals surface area contributed by atoms with Crippen LogP contribution in [0.3, 0.4) is 0 Å². The number of carboxylic acid groups (broad SMARTS) is 1. The van der Waals surface area contributed by atoms with Gasteiger partial charge in [0.25, 0.3) is 0 Å². The fourth-order valence-electron chi connectivity index (χ4n) is 0.633. The molecule has 1 heterocycles. The molecule has 0 atom stereocenters. The molecule has 0 radical (unpaired) electrons. The lowest BCUT2D eigenvalue weighted by Crippen LogP contribution is -2.15. The number of aromatic nitrogens is 3. The predicted molar refractivity (Wildman–Crippen MR) is 38.7 cm³/mol. The van der Waals surface area contributed by atoms with Crippen LogP contribution in [-0.4, -0.2) is 31.7 Å². The molecule has 1 rings (SSSR count). The topological polar surface area (TPSA) is 118 Å². The second-order valence-corrected chi connectivity index (χ2v) is 2.07. The van der Waals surface area contributed by atoms with E-state index in [0.717, 1.165) is 4.68 Å². The molecule has 12 heavy (non-hydrogen) atoms. The molecule has 4 N–H and O–H groups in total. The third kappa shape index (κ3) is 1.78. The summed E-state index contributed by atoms with van der Waals surface area (Å²) in [6.45, 7) is -0.278. The summed E-state index contributed by atoms with van der Waals surface area (Å²) in [5.74, 6) is -1.26. The second-order valence-electron chi connectivity index (χ2n) is 2.07. The van der Waals surface area contributed by atoms with Crippen molar-refractivity contribution in [2.24, 2.45) is 5.73 Å². The number of rotatable bonds is 3. The highest BCUT2D eigenvalue weighted by Crippen LogP contribution is 1.87. The molecule has 1 aromatic heterocycles. The quantitative estimate of drug-likeness (QED) is 0.381. The maximum atomic E-state index is 10.2. The number of nitrogens with two attached hydrogens (primary N) is 1. The number of carboxylic acids is 1. The molecular weight excluding hydrogens is 162 g/mol. The predicted octanol–water partition coefficient (Wildman–Crippen LogP) is -1.35. The smallest absolute Gasteiger partial charge is 0.325 e. The monoisotopic (exact) mass is 169 g/mol. The Balaban J connectivity index is 2.77. The molecule has 0 unspecified atom stereocenters. The third-order valence-corrected chi connectivity index (χ3v) is 1.07. The zero-order valence-electron chi connectivity index (χ0n) is 6.06. The Kier molecular flexibility index (Phi) is 2.04. The first-order chi connectivity index (χ1) is 5.59. The van der Waals surface area contributed by atoms with Crippen molar-refractivity contribution >= 4 is 11.8 Å². The van der Waals surface area contributed by atoms with Crippen molar-refractivity contribution in [2.75, 3.05) is 0 Å². The molecule has 0 spiro atoms. The number of nitrogens with zero attached hydrogens (tertiary/aromatic N) is 3. The minimum absolute atomic E-state index is 0.0382. The van der Waals surface area contributed by atoms with Crippen LogP contribution in [0.2, 0.25) is 0 Å². The number of hydrogen-bond acceptors (Lipinski definition) is 4. The van der Waals surface area contributed by atoms with Gasteiger partial charge in [-0.2, -0.15) is 0 Å². The summed E-state index contributed by atoms with van der Waals surface area (Å²) >= 11 is 0. The van der Waals surface area contributed by atoms with Gasteiger partial charge < -0.3 is 10.8 Å². The van der Waals surface area contributed by atoms with Crippen molar-refractivity contribution in [1.29, 1.82) is 5.41 Å². The summed E-state index contributed by atoms with van der Waals surface area (Å²) < 4.78 is 1.10. The maximum Gasteiger partial charge on any atom is 0.325 e. The first kappa shape index (κ1) is 8.18. The summed E-state index contributed by atoms with van der Waals surface area (Å²) in [6.07, 6.45) is 1.21. The van der Waals surface area contributed by atoms with Crippen molar-refractivity contribution in [2.45, 2.75) is 6.54 Å². The third-order valence-electron chi connectivity index (χ3n) is 1.07. The lowest BCUT2D eigenvalue weighted by atomic mass is 10.6. The van der Waals surface area contributed by atoms with Crippen LogP contribution in [0.4, 0.5) is 0 Å². The Morgan fingerprint density at radius 2 is 2.50 bits per heavy atom. The standard InChI is InChI=1S/C5H7N5O2/c6-4(7)5-8-2-10(9-5)1-3(11)12/h2H,1H2,(H3,6,7)(H,11,12). The van der Waals surface area contributed by atoms with Crippen LogP contribution >= 0.6 is 0 Å². The number of carbonyl (C=O) groups is 1. The van der Waals surface area contributed by atoms with Crippen LogP contribution in [0, 0.1) is 5.41 Å².